The van der Waals surface area contributed by atoms with Gasteiger partial charge in [-0.05, 0) is 34.8 Å². The number of aromatic nitrogens is 1. The fourth-order valence-corrected chi connectivity index (χ4v) is 3.03. The van der Waals surface area contributed by atoms with E-state index in [2.05, 4.69) is 31.1 Å². The molecular weight excluding hydrogens is 320 g/mol. The molecule has 0 bridgehead atoms. The van der Waals surface area contributed by atoms with Crippen molar-refractivity contribution in [3.8, 4) is 0 Å². The maximum absolute atomic E-state index is 12.6. The monoisotopic (exact) mass is 338 g/mol. The van der Waals surface area contributed by atoms with Crippen molar-refractivity contribution in [2.75, 3.05) is 38.5 Å². The van der Waals surface area contributed by atoms with E-state index in [0.717, 1.165) is 36.7 Å². The standard InChI is InChI=1S/C14H19BrN4O/c1-16-13-12(8-10(15)9-17-13)14(20)19-6-4-18(5-7-19)11-2-3-11/h8-9,11H,2-7H2,1H3,(H,16,17). The summed E-state index contributed by atoms with van der Waals surface area (Å²) in [5.74, 6) is 0.710. The molecule has 6 heteroatoms. The second-order valence-electron chi connectivity index (χ2n) is 5.36. The molecule has 0 radical (unpaired) electrons. The summed E-state index contributed by atoms with van der Waals surface area (Å²) in [6.07, 6.45) is 4.36. The zero-order valence-corrected chi connectivity index (χ0v) is 13.2. The molecule has 1 amide bonds. The first kappa shape index (κ1) is 13.8. The minimum atomic E-state index is 0.0681. The zero-order valence-electron chi connectivity index (χ0n) is 11.6. The van der Waals surface area contributed by atoms with Gasteiger partial charge < -0.3 is 10.2 Å². The molecule has 1 N–H and O–H groups in total. The minimum Gasteiger partial charge on any atom is -0.372 e. The molecule has 1 saturated heterocycles. The van der Waals surface area contributed by atoms with Gasteiger partial charge in [-0.3, -0.25) is 9.69 Å². The van der Waals surface area contributed by atoms with Gasteiger partial charge in [0.1, 0.15) is 5.82 Å². The van der Waals surface area contributed by atoms with Gasteiger partial charge in [-0.15, -0.1) is 0 Å². The summed E-state index contributed by atoms with van der Waals surface area (Å²) in [6.45, 7) is 3.61. The Morgan fingerprint density at radius 1 is 1.35 bits per heavy atom. The molecule has 5 nitrogen and oxygen atoms in total. The molecule has 1 aliphatic heterocycles. The third-order valence-electron chi connectivity index (χ3n) is 3.99. The van der Waals surface area contributed by atoms with E-state index in [9.17, 15) is 4.79 Å². The third-order valence-corrected chi connectivity index (χ3v) is 4.42. The molecule has 1 aliphatic carbocycles. The Bertz CT molecular complexity index is 510. The van der Waals surface area contributed by atoms with E-state index in [4.69, 9.17) is 0 Å². The van der Waals surface area contributed by atoms with Crippen LogP contribution in [-0.4, -0.2) is 60.0 Å². The minimum absolute atomic E-state index is 0.0681. The summed E-state index contributed by atoms with van der Waals surface area (Å²) in [7, 11) is 1.79. The molecule has 20 heavy (non-hydrogen) atoms. The first-order chi connectivity index (χ1) is 9.69. The second kappa shape index (κ2) is 5.69. The Morgan fingerprint density at radius 3 is 2.65 bits per heavy atom. The SMILES string of the molecule is CNc1ncc(Br)cc1C(=O)N1CCN(C2CC2)CC1. The van der Waals surface area contributed by atoms with Crippen molar-refractivity contribution in [3.05, 3.63) is 22.3 Å². The highest BCUT2D eigenvalue weighted by atomic mass is 79.9. The number of amides is 1. The van der Waals surface area contributed by atoms with Crippen LogP contribution < -0.4 is 5.32 Å². The Kier molecular flexibility index (Phi) is 3.94. The fourth-order valence-electron chi connectivity index (χ4n) is 2.70. The quantitative estimate of drug-likeness (QED) is 0.913. The summed E-state index contributed by atoms with van der Waals surface area (Å²) in [5, 5.41) is 2.99. The van der Waals surface area contributed by atoms with Crippen molar-refractivity contribution in [3.63, 3.8) is 0 Å². The molecule has 1 aromatic rings. The van der Waals surface area contributed by atoms with E-state index in [1.54, 1.807) is 13.2 Å². The van der Waals surface area contributed by atoms with Crippen molar-refractivity contribution in [1.29, 1.82) is 0 Å². The zero-order chi connectivity index (χ0) is 14.1. The number of anilines is 1. The van der Waals surface area contributed by atoms with E-state index in [0.29, 0.717) is 11.4 Å². The molecule has 0 atom stereocenters. The van der Waals surface area contributed by atoms with Gasteiger partial charge in [0.05, 0.1) is 5.56 Å². The topological polar surface area (TPSA) is 48.5 Å². The highest BCUT2D eigenvalue weighted by molar-refractivity contribution is 9.10. The molecule has 108 valence electrons. The lowest BCUT2D eigenvalue weighted by atomic mass is 10.2. The van der Waals surface area contributed by atoms with Crippen LogP contribution in [0.25, 0.3) is 0 Å². The number of rotatable bonds is 3. The Balaban J connectivity index is 1.71. The van der Waals surface area contributed by atoms with Gasteiger partial charge in [-0.25, -0.2) is 4.98 Å². The normalized spacial score (nSPS) is 20.0. The van der Waals surface area contributed by atoms with Gasteiger partial charge in [0, 0.05) is 49.9 Å². The number of hydrogen-bond donors (Lipinski definition) is 1. The van der Waals surface area contributed by atoms with Crippen molar-refractivity contribution in [2.24, 2.45) is 0 Å². The van der Waals surface area contributed by atoms with E-state index >= 15 is 0 Å². The first-order valence-corrected chi connectivity index (χ1v) is 7.85. The largest absolute Gasteiger partial charge is 0.372 e. The molecule has 3 rings (SSSR count). The summed E-state index contributed by atoms with van der Waals surface area (Å²) < 4.78 is 0.830. The molecule has 1 aromatic heterocycles. The molecular formula is C14H19BrN4O. The lowest BCUT2D eigenvalue weighted by molar-refractivity contribution is 0.0628. The molecule has 2 aliphatic rings. The smallest absolute Gasteiger partial charge is 0.257 e. The lowest BCUT2D eigenvalue weighted by Gasteiger charge is -2.35. The van der Waals surface area contributed by atoms with Gasteiger partial charge in [0.2, 0.25) is 0 Å². The van der Waals surface area contributed by atoms with Gasteiger partial charge in [0.15, 0.2) is 0 Å². The van der Waals surface area contributed by atoms with Crippen LogP contribution in [-0.2, 0) is 0 Å². The van der Waals surface area contributed by atoms with Crippen LogP contribution in [0.3, 0.4) is 0 Å². The predicted octanol–water partition coefficient (Wildman–Crippen LogP) is 1.81. The number of carbonyl (C=O) groups is 1. The van der Waals surface area contributed by atoms with Crippen molar-refractivity contribution in [2.45, 2.75) is 18.9 Å². The number of nitrogens with one attached hydrogen (secondary N) is 1. The van der Waals surface area contributed by atoms with Crippen LogP contribution in [0, 0.1) is 0 Å². The number of piperazine rings is 1. The predicted molar refractivity (Wildman–Crippen MR) is 82.0 cm³/mol. The molecule has 1 saturated carbocycles. The third kappa shape index (κ3) is 2.81. The van der Waals surface area contributed by atoms with Crippen LogP contribution in [0.2, 0.25) is 0 Å². The van der Waals surface area contributed by atoms with Crippen LogP contribution in [0.1, 0.15) is 23.2 Å². The van der Waals surface area contributed by atoms with Gasteiger partial charge >= 0.3 is 0 Å². The van der Waals surface area contributed by atoms with Crippen molar-refractivity contribution < 1.29 is 4.79 Å². The maximum Gasteiger partial charge on any atom is 0.257 e. The van der Waals surface area contributed by atoms with Crippen LogP contribution >= 0.6 is 15.9 Å². The molecule has 0 unspecified atom stereocenters. The summed E-state index contributed by atoms with van der Waals surface area (Å²) in [4.78, 5) is 21.3. The highest BCUT2D eigenvalue weighted by Gasteiger charge is 2.32. The highest BCUT2D eigenvalue weighted by Crippen LogP contribution is 2.28. The fraction of sp³-hybridized carbons (Fsp3) is 0.571. The number of hydrogen-bond acceptors (Lipinski definition) is 4. The van der Waals surface area contributed by atoms with Crippen molar-refractivity contribution >= 4 is 27.7 Å². The van der Waals surface area contributed by atoms with Gasteiger partial charge in [-0.2, -0.15) is 0 Å². The maximum atomic E-state index is 12.6. The lowest BCUT2D eigenvalue weighted by Crippen LogP contribution is -2.49. The Labute approximate surface area is 127 Å². The van der Waals surface area contributed by atoms with E-state index in [1.807, 2.05) is 11.0 Å². The molecule has 2 heterocycles. The summed E-state index contributed by atoms with van der Waals surface area (Å²) in [6, 6.07) is 2.63. The van der Waals surface area contributed by atoms with E-state index in [-0.39, 0.29) is 5.91 Å². The van der Waals surface area contributed by atoms with Gasteiger partial charge in [-0.1, -0.05) is 0 Å². The number of nitrogens with zero attached hydrogens (tertiary/aromatic N) is 3. The summed E-state index contributed by atoms with van der Waals surface area (Å²) >= 11 is 3.39. The average Bonchev–Trinajstić information content (AvgIpc) is 3.31. The van der Waals surface area contributed by atoms with E-state index < -0.39 is 0 Å². The van der Waals surface area contributed by atoms with E-state index in [1.165, 1.54) is 12.8 Å². The van der Waals surface area contributed by atoms with Crippen molar-refractivity contribution in [1.82, 2.24) is 14.8 Å². The molecule has 2 fully saturated rings. The Morgan fingerprint density at radius 2 is 2.05 bits per heavy atom. The second-order valence-corrected chi connectivity index (χ2v) is 6.27. The Hall–Kier alpha value is -1.14. The number of carbonyl (C=O) groups excluding carboxylic acids is 1. The first-order valence-electron chi connectivity index (χ1n) is 7.05. The number of pyridine rings is 1. The molecule has 0 spiro atoms. The van der Waals surface area contributed by atoms with Gasteiger partial charge in [0.25, 0.3) is 5.91 Å². The van der Waals surface area contributed by atoms with Crippen LogP contribution in [0.4, 0.5) is 5.82 Å². The van der Waals surface area contributed by atoms with Crippen LogP contribution in [0.15, 0.2) is 16.7 Å². The molecule has 0 aromatic carbocycles. The number of halogens is 1. The average molecular weight is 339 g/mol. The summed E-state index contributed by atoms with van der Waals surface area (Å²) in [5.41, 5.74) is 0.641. The van der Waals surface area contributed by atoms with Crippen LogP contribution in [0.5, 0.6) is 0 Å².